The van der Waals surface area contributed by atoms with Crippen LogP contribution in [0.2, 0.25) is 0 Å². The van der Waals surface area contributed by atoms with Gasteiger partial charge in [0.15, 0.2) is 0 Å². The number of unbranched alkanes of at least 4 members (excludes halogenated alkanes) is 1. The van der Waals surface area contributed by atoms with Crippen molar-refractivity contribution in [3.8, 4) is 6.07 Å². The van der Waals surface area contributed by atoms with Crippen LogP contribution in [0, 0.1) is 11.3 Å². The maximum atomic E-state index is 12.2. The molecule has 2 aromatic rings. The number of fused-ring (bicyclic) bond motifs is 1. The van der Waals surface area contributed by atoms with Gasteiger partial charge in [0.2, 0.25) is 0 Å². The molecule has 0 unspecified atom stereocenters. The molecule has 0 aliphatic carbocycles. The van der Waals surface area contributed by atoms with Gasteiger partial charge in [0.05, 0.1) is 17.1 Å². The van der Waals surface area contributed by atoms with E-state index in [0.29, 0.717) is 12.0 Å². The Bertz CT molecular complexity index is 737. The Morgan fingerprint density at radius 3 is 2.86 bits per heavy atom. The zero-order valence-corrected chi connectivity index (χ0v) is 11.8. The highest BCUT2D eigenvalue weighted by atomic mass is 16.4. The van der Waals surface area contributed by atoms with Gasteiger partial charge in [0.25, 0.3) is 5.91 Å². The van der Waals surface area contributed by atoms with E-state index in [1.165, 1.54) is 6.20 Å². The lowest BCUT2D eigenvalue weighted by atomic mass is 10.1. The fourth-order valence-electron chi connectivity index (χ4n) is 2.08. The summed E-state index contributed by atoms with van der Waals surface area (Å²) in [7, 11) is 0. The smallest absolute Gasteiger partial charge is 0.326 e. The van der Waals surface area contributed by atoms with Crippen molar-refractivity contribution in [1.29, 1.82) is 5.26 Å². The highest BCUT2D eigenvalue weighted by molar-refractivity contribution is 5.99. The highest BCUT2D eigenvalue weighted by Crippen LogP contribution is 2.13. The molecule has 1 amide bonds. The molecule has 1 atom stereocenters. The van der Waals surface area contributed by atoms with E-state index < -0.39 is 17.9 Å². The van der Waals surface area contributed by atoms with Crippen LogP contribution in [-0.2, 0) is 4.79 Å². The lowest BCUT2D eigenvalue weighted by Crippen LogP contribution is -2.40. The summed E-state index contributed by atoms with van der Waals surface area (Å²) in [6, 6.07) is 9.98. The normalized spacial score (nSPS) is 11.6. The molecule has 6 heteroatoms. The zero-order chi connectivity index (χ0) is 15.9. The molecule has 2 N–H and O–H groups in total. The van der Waals surface area contributed by atoms with Crippen molar-refractivity contribution in [2.45, 2.75) is 25.3 Å². The largest absolute Gasteiger partial charge is 0.480 e. The molecule has 0 bridgehead atoms. The van der Waals surface area contributed by atoms with E-state index in [1.54, 1.807) is 6.07 Å². The van der Waals surface area contributed by atoms with Gasteiger partial charge in [-0.2, -0.15) is 5.26 Å². The predicted octanol–water partition coefficient (Wildman–Crippen LogP) is 2.11. The summed E-state index contributed by atoms with van der Waals surface area (Å²) in [4.78, 5) is 27.5. The quantitative estimate of drug-likeness (QED) is 0.795. The van der Waals surface area contributed by atoms with Crippen molar-refractivity contribution >= 4 is 22.8 Å². The number of hydrogen-bond acceptors (Lipinski definition) is 4. The van der Waals surface area contributed by atoms with E-state index in [-0.39, 0.29) is 12.8 Å². The third-order valence-corrected chi connectivity index (χ3v) is 3.24. The molecule has 0 saturated heterocycles. The summed E-state index contributed by atoms with van der Waals surface area (Å²) in [5.74, 6) is -1.59. The predicted molar refractivity (Wildman–Crippen MR) is 80.1 cm³/mol. The second-order valence-electron chi connectivity index (χ2n) is 4.83. The molecule has 0 radical (unpaired) electrons. The van der Waals surface area contributed by atoms with Crippen molar-refractivity contribution in [3.63, 3.8) is 0 Å². The molecule has 112 valence electrons. The molecule has 22 heavy (non-hydrogen) atoms. The van der Waals surface area contributed by atoms with Gasteiger partial charge < -0.3 is 10.4 Å². The second-order valence-corrected chi connectivity index (χ2v) is 4.83. The molecular weight excluding hydrogens is 282 g/mol. The molecule has 6 nitrogen and oxygen atoms in total. The summed E-state index contributed by atoms with van der Waals surface area (Å²) in [5, 5.41) is 20.9. The van der Waals surface area contributed by atoms with Crippen LogP contribution in [-0.4, -0.2) is 28.0 Å². The van der Waals surface area contributed by atoms with Crippen LogP contribution >= 0.6 is 0 Å². The first-order chi connectivity index (χ1) is 10.6. The standard InChI is InChI=1S/C16H15N3O3/c17-8-4-3-7-14(16(21)22)19-15(20)12-9-11-5-1-2-6-13(11)18-10-12/h1-2,5-6,9-10,14H,3-4,7H2,(H,19,20)(H,21,22)/t14-/m0/s1. The van der Waals surface area contributed by atoms with E-state index in [4.69, 9.17) is 10.4 Å². The van der Waals surface area contributed by atoms with Crippen LogP contribution in [0.25, 0.3) is 10.9 Å². The van der Waals surface area contributed by atoms with Gasteiger partial charge in [-0.1, -0.05) is 18.2 Å². The Hall–Kier alpha value is -2.94. The summed E-state index contributed by atoms with van der Waals surface area (Å²) in [5.41, 5.74) is 1.08. The summed E-state index contributed by atoms with van der Waals surface area (Å²) < 4.78 is 0. The number of aromatic nitrogens is 1. The SMILES string of the molecule is N#CCCC[C@H](NC(=O)c1cnc2ccccc2c1)C(=O)O. The second kappa shape index (κ2) is 7.18. The van der Waals surface area contributed by atoms with Crippen molar-refractivity contribution in [1.82, 2.24) is 10.3 Å². The first-order valence-electron chi connectivity index (χ1n) is 6.87. The average molecular weight is 297 g/mol. The maximum Gasteiger partial charge on any atom is 0.326 e. The number of nitriles is 1. The molecule has 0 spiro atoms. The fourth-order valence-corrected chi connectivity index (χ4v) is 2.08. The van der Waals surface area contributed by atoms with Crippen molar-refractivity contribution in [2.75, 3.05) is 0 Å². The van der Waals surface area contributed by atoms with E-state index >= 15 is 0 Å². The highest BCUT2D eigenvalue weighted by Gasteiger charge is 2.20. The topological polar surface area (TPSA) is 103 Å². The molecule has 0 saturated carbocycles. The monoisotopic (exact) mass is 297 g/mol. The molecule has 2 rings (SSSR count). The minimum absolute atomic E-state index is 0.218. The molecule has 1 heterocycles. The first-order valence-corrected chi connectivity index (χ1v) is 6.87. The molecule has 1 aromatic carbocycles. The fraction of sp³-hybridized carbons (Fsp3) is 0.250. The van der Waals surface area contributed by atoms with E-state index in [2.05, 4.69) is 10.3 Å². The summed E-state index contributed by atoms with van der Waals surface area (Å²) in [6.45, 7) is 0. The van der Waals surface area contributed by atoms with Crippen LogP contribution < -0.4 is 5.32 Å². The van der Waals surface area contributed by atoms with Gasteiger partial charge in [-0.3, -0.25) is 9.78 Å². The van der Waals surface area contributed by atoms with Crippen molar-refractivity contribution < 1.29 is 14.7 Å². The van der Waals surface area contributed by atoms with Crippen LogP contribution in [0.4, 0.5) is 0 Å². The number of aliphatic carboxylic acids is 1. The number of carboxylic acid groups (broad SMARTS) is 1. The van der Waals surface area contributed by atoms with Gasteiger partial charge in [0, 0.05) is 18.0 Å². The number of pyridine rings is 1. The van der Waals surface area contributed by atoms with Crippen LogP contribution in [0.1, 0.15) is 29.6 Å². The van der Waals surface area contributed by atoms with Crippen molar-refractivity contribution in [2.24, 2.45) is 0 Å². The number of hydrogen-bond donors (Lipinski definition) is 2. The van der Waals surface area contributed by atoms with Gasteiger partial charge in [-0.25, -0.2) is 4.79 Å². The molecule has 0 fully saturated rings. The minimum atomic E-state index is -1.11. The summed E-state index contributed by atoms with van der Waals surface area (Å²) >= 11 is 0. The Kier molecular flexibility index (Phi) is 5.04. The molecule has 0 aliphatic heterocycles. The van der Waals surface area contributed by atoms with Gasteiger partial charge in [-0.05, 0) is 25.0 Å². The number of nitrogens with one attached hydrogen (secondary N) is 1. The molecule has 0 aliphatic rings. The van der Waals surface area contributed by atoms with Crippen molar-refractivity contribution in [3.05, 3.63) is 42.1 Å². The molecular formula is C16H15N3O3. The third-order valence-electron chi connectivity index (χ3n) is 3.24. The Morgan fingerprint density at radius 2 is 2.14 bits per heavy atom. The number of carboxylic acids is 1. The lowest BCUT2D eigenvalue weighted by molar-refractivity contribution is -0.139. The van der Waals surface area contributed by atoms with E-state index in [9.17, 15) is 9.59 Å². The third kappa shape index (κ3) is 3.79. The first kappa shape index (κ1) is 15.4. The van der Waals surface area contributed by atoms with Crippen LogP contribution in [0.5, 0.6) is 0 Å². The van der Waals surface area contributed by atoms with Crippen LogP contribution in [0.15, 0.2) is 36.5 Å². The lowest BCUT2D eigenvalue weighted by Gasteiger charge is -2.13. The number of para-hydroxylation sites is 1. The molecule has 1 aromatic heterocycles. The number of carbonyl (C=O) groups excluding carboxylic acids is 1. The number of benzene rings is 1. The van der Waals surface area contributed by atoms with Gasteiger partial charge in [0.1, 0.15) is 6.04 Å². The average Bonchev–Trinajstić information content (AvgIpc) is 2.53. The van der Waals surface area contributed by atoms with E-state index in [0.717, 1.165) is 10.9 Å². The Labute approximate surface area is 127 Å². The minimum Gasteiger partial charge on any atom is -0.480 e. The number of carbonyl (C=O) groups is 2. The Balaban J connectivity index is 2.11. The number of amides is 1. The zero-order valence-electron chi connectivity index (χ0n) is 11.8. The Morgan fingerprint density at radius 1 is 1.36 bits per heavy atom. The number of rotatable bonds is 6. The maximum absolute atomic E-state index is 12.2. The number of nitrogens with zero attached hydrogens (tertiary/aromatic N) is 2. The van der Waals surface area contributed by atoms with E-state index in [1.807, 2.05) is 30.3 Å². The van der Waals surface area contributed by atoms with Gasteiger partial charge >= 0.3 is 5.97 Å². The summed E-state index contributed by atoms with van der Waals surface area (Å²) in [6.07, 6.45) is 2.32. The van der Waals surface area contributed by atoms with Crippen LogP contribution in [0.3, 0.4) is 0 Å². The van der Waals surface area contributed by atoms with Gasteiger partial charge in [-0.15, -0.1) is 0 Å².